The topological polar surface area (TPSA) is 67.8 Å². The highest BCUT2D eigenvalue weighted by Crippen LogP contribution is 2.28. The van der Waals surface area contributed by atoms with E-state index < -0.39 is 0 Å². The number of rotatable bonds is 6. The second kappa shape index (κ2) is 9.24. The smallest absolute Gasteiger partial charge is 0.236 e. The van der Waals surface area contributed by atoms with Crippen LogP contribution in [0.4, 0.5) is 5.13 Å². The van der Waals surface area contributed by atoms with Gasteiger partial charge >= 0.3 is 0 Å². The van der Waals surface area contributed by atoms with Gasteiger partial charge in [-0.25, -0.2) is 15.0 Å². The van der Waals surface area contributed by atoms with Crippen LogP contribution in [0.5, 0.6) is 0 Å². The molecular weight excluding hydrogens is 480 g/mol. The Morgan fingerprint density at radius 3 is 2.73 bits per heavy atom. The van der Waals surface area contributed by atoms with Crippen molar-refractivity contribution in [2.45, 2.75) is 25.4 Å². The molecule has 5 nitrogen and oxygen atoms in total. The Hall–Kier alpha value is -2.29. The zero-order chi connectivity index (χ0) is 21.1. The Labute approximate surface area is 191 Å². The summed E-state index contributed by atoms with van der Waals surface area (Å²) in [5.74, 6) is 0.132. The van der Waals surface area contributed by atoms with E-state index in [9.17, 15) is 4.79 Å². The first-order valence-corrected chi connectivity index (χ1v) is 11.9. The minimum atomic E-state index is -0.113. The molecule has 8 heteroatoms. The molecular formula is C22H19BrN4OS2. The average molecular weight is 499 g/mol. The summed E-state index contributed by atoms with van der Waals surface area (Å²) in [5.41, 5.74) is 3.03. The van der Waals surface area contributed by atoms with Gasteiger partial charge in [0.25, 0.3) is 0 Å². The van der Waals surface area contributed by atoms with E-state index in [0.29, 0.717) is 10.3 Å². The minimum Gasteiger partial charge on any atom is -0.301 e. The highest BCUT2D eigenvalue weighted by molar-refractivity contribution is 9.10. The van der Waals surface area contributed by atoms with Gasteiger partial charge in [0.1, 0.15) is 0 Å². The van der Waals surface area contributed by atoms with Gasteiger partial charge in [0.05, 0.1) is 5.75 Å². The summed E-state index contributed by atoms with van der Waals surface area (Å²) >= 11 is 6.38. The monoisotopic (exact) mass is 498 g/mol. The Morgan fingerprint density at radius 1 is 1.13 bits per heavy atom. The van der Waals surface area contributed by atoms with E-state index in [1.807, 2.05) is 32.2 Å². The standard InChI is InChI=1S/C22H19BrN4OS2/c1-13-8-14(2)26-22(25-13)29-12-20(28)27-21-24-11-18(30-21)9-16-5-3-4-15-6-7-17(23)10-19(15)16/h3-8,10-11H,9,12H2,1-2H3,(H,24,27,28). The molecule has 0 aliphatic heterocycles. The summed E-state index contributed by atoms with van der Waals surface area (Å²) in [4.78, 5) is 26.5. The van der Waals surface area contributed by atoms with Crippen LogP contribution in [-0.4, -0.2) is 26.6 Å². The van der Waals surface area contributed by atoms with Crippen molar-refractivity contribution < 1.29 is 4.79 Å². The highest BCUT2D eigenvalue weighted by Gasteiger charge is 2.11. The van der Waals surface area contributed by atoms with Gasteiger partial charge in [0, 0.05) is 33.4 Å². The summed E-state index contributed by atoms with van der Waals surface area (Å²) < 4.78 is 1.06. The number of thioether (sulfide) groups is 1. The SMILES string of the molecule is Cc1cc(C)nc(SCC(=O)Nc2ncc(Cc3cccc4ccc(Br)cc34)s2)n1. The van der Waals surface area contributed by atoms with Crippen molar-refractivity contribution in [3.05, 3.63) is 75.0 Å². The molecule has 0 fully saturated rings. The van der Waals surface area contributed by atoms with Crippen molar-refractivity contribution in [2.24, 2.45) is 0 Å². The number of benzene rings is 2. The van der Waals surface area contributed by atoms with Crippen LogP contribution in [0.25, 0.3) is 10.8 Å². The second-order valence-electron chi connectivity index (χ2n) is 6.86. The van der Waals surface area contributed by atoms with Crippen LogP contribution in [0, 0.1) is 13.8 Å². The Balaban J connectivity index is 1.40. The number of thiazole rings is 1. The first kappa shape index (κ1) is 21.0. The van der Waals surface area contributed by atoms with Crippen LogP contribution in [0.15, 0.2) is 58.3 Å². The van der Waals surface area contributed by atoms with Gasteiger partial charge in [-0.2, -0.15) is 0 Å². The maximum atomic E-state index is 12.3. The molecule has 0 atom stereocenters. The number of aryl methyl sites for hydroxylation is 2. The summed E-state index contributed by atoms with van der Waals surface area (Å²) in [5, 5.41) is 6.53. The maximum Gasteiger partial charge on any atom is 0.236 e. The van der Waals surface area contributed by atoms with Gasteiger partial charge < -0.3 is 5.32 Å². The third-order valence-electron chi connectivity index (χ3n) is 4.39. The van der Waals surface area contributed by atoms with Crippen LogP contribution in [0.1, 0.15) is 21.8 Å². The molecule has 0 aliphatic rings. The van der Waals surface area contributed by atoms with E-state index >= 15 is 0 Å². The fourth-order valence-corrected chi connectivity index (χ4v) is 5.10. The number of halogens is 1. The van der Waals surface area contributed by atoms with Crippen molar-refractivity contribution in [3.8, 4) is 0 Å². The quantitative estimate of drug-likeness (QED) is 0.269. The third kappa shape index (κ3) is 5.24. The molecule has 1 amide bonds. The van der Waals surface area contributed by atoms with E-state index in [0.717, 1.165) is 27.2 Å². The number of nitrogens with zero attached hydrogens (tertiary/aromatic N) is 3. The van der Waals surface area contributed by atoms with Crippen LogP contribution < -0.4 is 5.32 Å². The third-order valence-corrected chi connectivity index (χ3v) is 6.65. The molecule has 1 N–H and O–H groups in total. The molecule has 0 radical (unpaired) electrons. The lowest BCUT2D eigenvalue weighted by molar-refractivity contribution is -0.113. The summed E-state index contributed by atoms with van der Waals surface area (Å²) in [6.07, 6.45) is 2.60. The van der Waals surface area contributed by atoms with Gasteiger partial charge in [-0.3, -0.25) is 4.79 Å². The first-order valence-electron chi connectivity index (χ1n) is 9.33. The van der Waals surface area contributed by atoms with Gasteiger partial charge in [0.15, 0.2) is 10.3 Å². The number of amides is 1. The molecule has 152 valence electrons. The van der Waals surface area contributed by atoms with E-state index in [4.69, 9.17) is 0 Å². The first-order chi connectivity index (χ1) is 14.5. The number of nitrogens with one attached hydrogen (secondary N) is 1. The van der Waals surface area contributed by atoms with Crippen LogP contribution in [-0.2, 0) is 11.2 Å². The molecule has 0 saturated heterocycles. The molecule has 0 bridgehead atoms. The number of hydrogen-bond acceptors (Lipinski definition) is 6. The average Bonchev–Trinajstić information content (AvgIpc) is 3.13. The van der Waals surface area contributed by atoms with Gasteiger partial charge in [-0.05, 0) is 48.4 Å². The lowest BCUT2D eigenvalue weighted by atomic mass is 10.0. The van der Waals surface area contributed by atoms with Gasteiger partial charge in [-0.1, -0.05) is 52.0 Å². The number of carbonyl (C=O) groups is 1. The van der Waals surface area contributed by atoms with Crippen LogP contribution in [0.2, 0.25) is 0 Å². The number of anilines is 1. The fourth-order valence-electron chi connectivity index (χ4n) is 3.14. The van der Waals surface area contributed by atoms with E-state index in [-0.39, 0.29) is 11.7 Å². The van der Waals surface area contributed by atoms with Gasteiger partial charge in [-0.15, -0.1) is 11.3 Å². The Bertz CT molecular complexity index is 1200. The maximum absolute atomic E-state index is 12.3. The lowest BCUT2D eigenvalue weighted by Gasteiger charge is -2.06. The molecule has 4 rings (SSSR count). The normalized spacial score (nSPS) is 11.0. The van der Waals surface area contributed by atoms with Crippen molar-refractivity contribution in [3.63, 3.8) is 0 Å². The minimum absolute atomic E-state index is 0.113. The molecule has 2 aromatic heterocycles. The predicted molar refractivity (Wildman–Crippen MR) is 127 cm³/mol. The molecule has 0 saturated carbocycles. The molecule has 2 heterocycles. The van der Waals surface area contributed by atoms with Crippen molar-refractivity contribution in [1.29, 1.82) is 0 Å². The lowest BCUT2D eigenvalue weighted by Crippen LogP contribution is -2.14. The van der Waals surface area contributed by atoms with Crippen molar-refractivity contribution in [1.82, 2.24) is 15.0 Å². The van der Waals surface area contributed by atoms with Crippen LogP contribution in [0.3, 0.4) is 0 Å². The number of carbonyl (C=O) groups excluding carboxylic acids is 1. The van der Waals surface area contributed by atoms with E-state index in [2.05, 4.69) is 66.5 Å². The summed E-state index contributed by atoms with van der Waals surface area (Å²) in [6.45, 7) is 3.84. The van der Waals surface area contributed by atoms with Crippen molar-refractivity contribution >= 4 is 60.8 Å². The predicted octanol–water partition coefficient (Wildman–Crippen LogP) is 5.79. The largest absolute Gasteiger partial charge is 0.301 e. The summed E-state index contributed by atoms with van der Waals surface area (Å²) in [6, 6.07) is 14.5. The number of hydrogen-bond donors (Lipinski definition) is 1. The molecule has 2 aromatic carbocycles. The van der Waals surface area contributed by atoms with E-state index in [1.165, 1.54) is 39.4 Å². The molecule has 4 aromatic rings. The number of aromatic nitrogens is 3. The zero-order valence-corrected chi connectivity index (χ0v) is 19.7. The van der Waals surface area contributed by atoms with Crippen LogP contribution >= 0.6 is 39.0 Å². The summed E-state index contributed by atoms with van der Waals surface area (Å²) in [7, 11) is 0. The Kier molecular flexibility index (Phi) is 6.46. The molecule has 30 heavy (non-hydrogen) atoms. The second-order valence-corrected chi connectivity index (χ2v) is 9.83. The number of fused-ring (bicyclic) bond motifs is 1. The highest BCUT2D eigenvalue weighted by atomic mass is 79.9. The molecule has 0 unspecified atom stereocenters. The van der Waals surface area contributed by atoms with Gasteiger partial charge in [0.2, 0.25) is 5.91 Å². The zero-order valence-electron chi connectivity index (χ0n) is 16.5. The fraction of sp³-hybridized carbons (Fsp3) is 0.182. The van der Waals surface area contributed by atoms with Crippen molar-refractivity contribution in [2.75, 3.05) is 11.1 Å². The Morgan fingerprint density at radius 2 is 1.93 bits per heavy atom. The molecule has 0 aliphatic carbocycles. The molecule has 0 spiro atoms. The van der Waals surface area contributed by atoms with E-state index in [1.54, 1.807) is 0 Å².